The molecule has 2 atom stereocenters. The van der Waals surface area contributed by atoms with Crippen LogP contribution in [0.2, 0.25) is 0 Å². The van der Waals surface area contributed by atoms with Crippen molar-refractivity contribution in [2.75, 3.05) is 13.1 Å². The van der Waals surface area contributed by atoms with E-state index in [0.717, 1.165) is 11.4 Å². The SMILES string of the molecule is O=C(CCNCc1ccc(CNCCC(=O)N[C@@H](Cc2cnc[nH]2)C(=O)O)[nH]1)N[C@@H](Cc1cnc[nH]1)C(=O)O. The molecular weight excluding hydrogens is 510 g/mol. The maximum atomic E-state index is 12.1. The number of carboxylic acids is 2. The van der Waals surface area contributed by atoms with Crippen LogP contribution in [0, 0.1) is 0 Å². The summed E-state index contributed by atoms with van der Waals surface area (Å²) in [4.78, 5) is 63.7. The highest BCUT2D eigenvalue weighted by Gasteiger charge is 2.21. The summed E-state index contributed by atoms with van der Waals surface area (Å²) in [5.74, 6) is -2.97. The number of aromatic amines is 3. The molecule has 3 heterocycles. The number of carbonyl (C=O) groups is 4. The van der Waals surface area contributed by atoms with Gasteiger partial charge in [-0.1, -0.05) is 0 Å². The van der Waals surface area contributed by atoms with Crippen molar-refractivity contribution in [2.24, 2.45) is 0 Å². The van der Waals surface area contributed by atoms with E-state index in [0.29, 0.717) is 37.6 Å². The van der Waals surface area contributed by atoms with Gasteiger partial charge in [-0.2, -0.15) is 0 Å². The molecule has 210 valence electrons. The molecule has 15 nitrogen and oxygen atoms in total. The maximum absolute atomic E-state index is 12.1. The van der Waals surface area contributed by atoms with Crippen LogP contribution in [-0.2, 0) is 45.1 Å². The van der Waals surface area contributed by atoms with E-state index < -0.39 is 24.0 Å². The average molecular weight is 544 g/mol. The molecule has 0 saturated heterocycles. The number of hydrogen-bond acceptors (Lipinski definition) is 8. The van der Waals surface area contributed by atoms with Crippen LogP contribution in [0.5, 0.6) is 0 Å². The standard InChI is InChI=1S/C24H33N9O6/c34-21(32-19(23(36)37)7-17-11-27-13-29-17)3-5-25-9-15-1-2-16(31-15)10-26-6-4-22(35)33-20(24(38)39)8-18-12-28-14-30-18/h1-2,11-14,19-20,25-26,31H,3-10H2,(H,27,29)(H,28,30)(H,32,34)(H,33,35)(H,36,37)(H,38,39)/t19-,20-/m0/s1. The summed E-state index contributed by atoms with van der Waals surface area (Å²) in [6.07, 6.45) is 6.41. The van der Waals surface area contributed by atoms with Crippen LogP contribution in [0.25, 0.3) is 0 Å². The Kier molecular flexibility index (Phi) is 11.2. The quantitative estimate of drug-likeness (QED) is 0.0892. The third-order valence-corrected chi connectivity index (χ3v) is 5.72. The van der Waals surface area contributed by atoms with Gasteiger partial charge in [-0.15, -0.1) is 0 Å². The fourth-order valence-corrected chi connectivity index (χ4v) is 3.71. The molecule has 3 rings (SSSR count). The summed E-state index contributed by atoms with van der Waals surface area (Å²) in [6.45, 7) is 1.70. The minimum atomic E-state index is -1.12. The second-order valence-electron chi connectivity index (χ2n) is 8.84. The maximum Gasteiger partial charge on any atom is 0.326 e. The zero-order chi connectivity index (χ0) is 28.0. The largest absolute Gasteiger partial charge is 0.480 e. The van der Waals surface area contributed by atoms with Crippen LogP contribution < -0.4 is 21.3 Å². The molecule has 0 aliphatic rings. The second kappa shape index (κ2) is 15.0. The van der Waals surface area contributed by atoms with E-state index in [-0.39, 0.29) is 37.5 Å². The van der Waals surface area contributed by atoms with E-state index in [1.54, 1.807) is 0 Å². The number of carboxylic acid groups (broad SMARTS) is 2. The molecule has 0 radical (unpaired) electrons. The van der Waals surface area contributed by atoms with E-state index in [9.17, 15) is 29.4 Å². The lowest BCUT2D eigenvalue weighted by molar-refractivity contribution is -0.142. The second-order valence-corrected chi connectivity index (χ2v) is 8.84. The third-order valence-electron chi connectivity index (χ3n) is 5.72. The van der Waals surface area contributed by atoms with Gasteiger partial charge in [0.2, 0.25) is 11.8 Å². The van der Waals surface area contributed by atoms with Gasteiger partial charge in [-0.05, 0) is 12.1 Å². The zero-order valence-electron chi connectivity index (χ0n) is 21.2. The lowest BCUT2D eigenvalue weighted by atomic mass is 10.1. The molecule has 15 heteroatoms. The van der Waals surface area contributed by atoms with Crippen LogP contribution >= 0.6 is 0 Å². The van der Waals surface area contributed by atoms with Gasteiger partial charge in [0.25, 0.3) is 0 Å². The molecule has 0 aliphatic carbocycles. The Hall–Kier alpha value is -4.50. The topological polar surface area (TPSA) is 230 Å². The summed E-state index contributed by atoms with van der Waals surface area (Å²) in [6, 6.07) is 1.72. The number of amides is 2. The van der Waals surface area contributed by atoms with Crippen molar-refractivity contribution in [3.8, 4) is 0 Å². The van der Waals surface area contributed by atoms with Crippen LogP contribution in [0.1, 0.15) is 35.6 Å². The number of aromatic nitrogens is 5. The molecule has 0 bridgehead atoms. The monoisotopic (exact) mass is 543 g/mol. The number of nitrogens with one attached hydrogen (secondary N) is 7. The van der Waals surface area contributed by atoms with Gasteiger partial charge in [0.1, 0.15) is 12.1 Å². The number of aliphatic carboxylic acids is 2. The molecule has 0 fully saturated rings. The molecule has 0 unspecified atom stereocenters. The normalized spacial score (nSPS) is 12.5. The Morgan fingerprint density at radius 3 is 1.51 bits per heavy atom. The molecule has 39 heavy (non-hydrogen) atoms. The Bertz CT molecular complexity index is 1100. The Labute approximate surface area is 223 Å². The van der Waals surface area contributed by atoms with Gasteiger partial charge in [0.05, 0.1) is 12.7 Å². The highest BCUT2D eigenvalue weighted by atomic mass is 16.4. The first-order valence-corrected chi connectivity index (χ1v) is 12.4. The molecule has 0 saturated carbocycles. The Morgan fingerprint density at radius 2 is 1.15 bits per heavy atom. The van der Waals surface area contributed by atoms with Gasteiger partial charge in [-0.3, -0.25) is 9.59 Å². The first-order chi connectivity index (χ1) is 18.8. The van der Waals surface area contributed by atoms with Gasteiger partial charge >= 0.3 is 11.9 Å². The summed E-state index contributed by atoms with van der Waals surface area (Å²) < 4.78 is 0. The van der Waals surface area contributed by atoms with E-state index in [2.05, 4.69) is 46.2 Å². The number of nitrogens with zero attached hydrogens (tertiary/aromatic N) is 2. The van der Waals surface area contributed by atoms with Crippen molar-refractivity contribution in [3.63, 3.8) is 0 Å². The molecule has 2 amide bonds. The average Bonchev–Trinajstić information content (AvgIpc) is 3.67. The number of hydrogen-bond donors (Lipinski definition) is 9. The van der Waals surface area contributed by atoms with Gasteiger partial charge < -0.3 is 46.4 Å². The van der Waals surface area contributed by atoms with Crippen molar-refractivity contribution < 1.29 is 29.4 Å². The van der Waals surface area contributed by atoms with Crippen molar-refractivity contribution in [2.45, 2.75) is 50.9 Å². The Balaban J connectivity index is 1.28. The van der Waals surface area contributed by atoms with E-state index >= 15 is 0 Å². The summed E-state index contributed by atoms with van der Waals surface area (Å²) in [5, 5.41) is 30.0. The smallest absolute Gasteiger partial charge is 0.326 e. The lowest BCUT2D eigenvalue weighted by Gasteiger charge is -2.14. The predicted molar refractivity (Wildman–Crippen MR) is 137 cm³/mol. The van der Waals surface area contributed by atoms with E-state index in [4.69, 9.17) is 0 Å². The van der Waals surface area contributed by atoms with Gasteiger partial charge in [0.15, 0.2) is 0 Å². The molecule has 9 N–H and O–H groups in total. The van der Waals surface area contributed by atoms with Crippen LogP contribution in [0.3, 0.4) is 0 Å². The highest BCUT2D eigenvalue weighted by molar-refractivity contribution is 5.84. The summed E-state index contributed by atoms with van der Waals surface area (Å²) in [7, 11) is 0. The Morgan fingerprint density at radius 1 is 0.718 bits per heavy atom. The van der Waals surface area contributed by atoms with Crippen LogP contribution in [0.15, 0.2) is 37.2 Å². The van der Waals surface area contributed by atoms with Crippen molar-refractivity contribution in [1.82, 2.24) is 46.2 Å². The molecule has 0 aliphatic heterocycles. The van der Waals surface area contributed by atoms with Gasteiger partial charge in [0, 0.05) is 87.0 Å². The first-order valence-electron chi connectivity index (χ1n) is 12.4. The number of H-pyrrole nitrogens is 3. The third kappa shape index (κ3) is 10.4. The molecule has 3 aromatic rings. The van der Waals surface area contributed by atoms with Crippen LogP contribution in [0.4, 0.5) is 0 Å². The molecule has 0 aromatic carbocycles. The number of carbonyl (C=O) groups excluding carboxylic acids is 2. The minimum absolute atomic E-state index is 0.118. The zero-order valence-corrected chi connectivity index (χ0v) is 21.2. The van der Waals surface area contributed by atoms with Gasteiger partial charge in [-0.25, -0.2) is 19.6 Å². The summed E-state index contributed by atoms with van der Waals surface area (Å²) in [5.41, 5.74) is 3.04. The number of imidazole rings is 2. The van der Waals surface area contributed by atoms with Crippen molar-refractivity contribution in [3.05, 3.63) is 60.0 Å². The van der Waals surface area contributed by atoms with Crippen molar-refractivity contribution in [1.29, 1.82) is 0 Å². The lowest BCUT2D eigenvalue weighted by Crippen LogP contribution is -2.43. The molecule has 3 aromatic heterocycles. The van der Waals surface area contributed by atoms with E-state index in [1.165, 1.54) is 25.0 Å². The predicted octanol–water partition coefficient (Wildman–Crippen LogP) is -0.955. The summed E-state index contributed by atoms with van der Waals surface area (Å²) >= 11 is 0. The minimum Gasteiger partial charge on any atom is -0.480 e. The van der Waals surface area contributed by atoms with E-state index in [1.807, 2.05) is 12.1 Å². The first kappa shape index (κ1) is 29.1. The molecule has 0 spiro atoms. The number of rotatable bonds is 18. The molecular formula is C24H33N9O6. The fourth-order valence-electron chi connectivity index (χ4n) is 3.71. The highest BCUT2D eigenvalue weighted by Crippen LogP contribution is 2.03. The fraction of sp³-hybridized carbons (Fsp3) is 0.417. The van der Waals surface area contributed by atoms with Crippen molar-refractivity contribution >= 4 is 23.8 Å². The van der Waals surface area contributed by atoms with Crippen LogP contribution in [-0.4, -0.2) is 84.1 Å².